The number of non-ortho nitro benzene ring substituents is 1. The third-order valence-corrected chi connectivity index (χ3v) is 7.68. The molecule has 2 aromatic rings. The predicted molar refractivity (Wildman–Crippen MR) is 117 cm³/mol. The highest BCUT2D eigenvalue weighted by molar-refractivity contribution is 8.00. The van der Waals surface area contributed by atoms with Crippen molar-refractivity contribution in [1.82, 2.24) is 9.97 Å². The van der Waals surface area contributed by atoms with Gasteiger partial charge in [0.15, 0.2) is 17.4 Å². The summed E-state index contributed by atoms with van der Waals surface area (Å²) < 4.78 is 14.2. The molecule has 2 saturated carbocycles. The summed E-state index contributed by atoms with van der Waals surface area (Å²) >= 11 is 7.21. The topological polar surface area (TPSA) is 141 Å². The van der Waals surface area contributed by atoms with Crippen molar-refractivity contribution in [3.8, 4) is 0 Å². The van der Waals surface area contributed by atoms with Gasteiger partial charge in [0.1, 0.15) is 0 Å². The molecule has 168 valence electrons. The quantitative estimate of drug-likeness (QED) is 0.254. The van der Waals surface area contributed by atoms with Crippen LogP contribution in [-0.4, -0.2) is 43.6 Å². The molecule has 1 aromatic carbocycles. The fraction of sp³-hybridized carbons (Fsp3) is 0.400. The maximum absolute atomic E-state index is 14.2. The molecule has 1 heterocycles. The van der Waals surface area contributed by atoms with Gasteiger partial charge < -0.3 is 11.1 Å². The fourth-order valence-electron chi connectivity index (χ4n) is 4.76. The van der Waals surface area contributed by atoms with Crippen molar-refractivity contribution in [3.63, 3.8) is 0 Å². The van der Waals surface area contributed by atoms with Gasteiger partial charge in [0.25, 0.3) is 5.69 Å². The number of nitrogens with two attached hydrogens (primary N) is 1. The molecular formula is C20H19ClFN5O4S. The summed E-state index contributed by atoms with van der Waals surface area (Å²) in [6.07, 6.45) is 2.37. The van der Waals surface area contributed by atoms with E-state index >= 15 is 0 Å². The Kier molecular flexibility index (Phi) is 6.29. The average Bonchev–Trinajstić information content (AvgIpc) is 3.33. The highest BCUT2D eigenvalue weighted by Gasteiger charge is 2.55. The van der Waals surface area contributed by atoms with Gasteiger partial charge in [-0.15, -0.1) is 11.8 Å². The zero-order valence-electron chi connectivity index (χ0n) is 16.6. The number of aromatic nitrogens is 2. The van der Waals surface area contributed by atoms with Gasteiger partial charge >= 0.3 is 0 Å². The van der Waals surface area contributed by atoms with Crippen LogP contribution in [0.3, 0.4) is 0 Å². The number of halogens is 2. The minimum absolute atomic E-state index is 0.0146. The second-order valence-corrected chi connectivity index (χ2v) is 9.47. The molecule has 3 N–H and O–H groups in total. The lowest BCUT2D eigenvalue weighted by atomic mass is 9.83. The van der Waals surface area contributed by atoms with E-state index in [-0.39, 0.29) is 51.0 Å². The van der Waals surface area contributed by atoms with Crippen LogP contribution in [0.5, 0.6) is 0 Å². The van der Waals surface area contributed by atoms with E-state index in [2.05, 4.69) is 15.3 Å². The fourth-order valence-corrected chi connectivity index (χ4v) is 6.34. The Hall–Kier alpha value is -2.79. The molecule has 1 amide bonds. The van der Waals surface area contributed by atoms with E-state index < -0.39 is 28.6 Å². The first-order valence-electron chi connectivity index (χ1n) is 9.87. The van der Waals surface area contributed by atoms with Crippen molar-refractivity contribution in [1.29, 1.82) is 0 Å². The number of Topliss-reactive ketones (excluding diaryl/α,β-unsaturated/α-hetero) is 1. The van der Waals surface area contributed by atoms with Crippen molar-refractivity contribution >= 4 is 46.6 Å². The maximum atomic E-state index is 14.2. The van der Waals surface area contributed by atoms with Gasteiger partial charge in [0.05, 0.1) is 22.8 Å². The molecule has 0 saturated heterocycles. The number of anilines is 1. The van der Waals surface area contributed by atoms with Crippen molar-refractivity contribution in [3.05, 3.63) is 57.2 Å². The first kappa shape index (κ1) is 22.4. The molecule has 5 atom stereocenters. The van der Waals surface area contributed by atoms with Gasteiger partial charge in [0, 0.05) is 29.0 Å². The number of thioether (sulfide) groups is 1. The van der Waals surface area contributed by atoms with Gasteiger partial charge in [-0.2, -0.15) is 4.98 Å². The number of rotatable bonds is 8. The molecule has 9 nitrogen and oxygen atoms in total. The average molecular weight is 480 g/mol. The molecule has 12 heteroatoms. The summed E-state index contributed by atoms with van der Waals surface area (Å²) in [6.45, 7) is 0. The molecule has 2 aliphatic rings. The Morgan fingerprint density at radius 1 is 1.38 bits per heavy atom. The molecule has 0 aliphatic heterocycles. The molecule has 0 unspecified atom stereocenters. The number of nitrogens with one attached hydrogen (secondary N) is 1. The summed E-state index contributed by atoms with van der Waals surface area (Å²) in [4.78, 5) is 42.6. The highest BCUT2D eigenvalue weighted by Crippen LogP contribution is 2.53. The van der Waals surface area contributed by atoms with E-state index in [0.717, 1.165) is 6.20 Å². The molecule has 32 heavy (non-hydrogen) atoms. The number of carbonyl (C=O) groups is 2. The van der Waals surface area contributed by atoms with E-state index in [9.17, 15) is 24.1 Å². The van der Waals surface area contributed by atoms with Crippen LogP contribution < -0.4 is 11.1 Å². The summed E-state index contributed by atoms with van der Waals surface area (Å²) in [5.41, 5.74) is 5.77. The van der Waals surface area contributed by atoms with Crippen molar-refractivity contribution in [2.45, 2.75) is 24.1 Å². The van der Waals surface area contributed by atoms with Crippen molar-refractivity contribution < 1.29 is 18.9 Å². The molecule has 2 aliphatic carbocycles. The number of primary amides is 1. The van der Waals surface area contributed by atoms with Crippen LogP contribution in [0.15, 0.2) is 30.5 Å². The van der Waals surface area contributed by atoms with Gasteiger partial charge in [-0.25, -0.2) is 9.37 Å². The summed E-state index contributed by atoms with van der Waals surface area (Å²) in [7, 11) is 0. The SMILES string of the molecule is NC(=O)[C@H]1[C@H]2C[C@H]([C@H]1Nc1nc(Cl)ncc1F)[C@H](SCC(=O)c1cccc([N+](=O)[O-])c1)C2. The van der Waals surface area contributed by atoms with Crippen LogP contribution in [0.25, 0.3) is 0 Å². The van der Waals surface area contributed by atoms with Gasteiger partial charge in [-0.1, -0.05) is 12.1 Å². The standard InChI is InChI=1S/C20H19ClFN5O4S/c21-20-24-7-13(22)19(26-20)25-17-12-5-10(16(17)18(23)29)6-15(12)32-8-14(28)9-2-1-3-11(4-9)27(30)31/h1-4,7,10,12,15-17H,5-6,8H2,(H2,23,29)(H,24,25,26)/t10-,12-,15+,16-,17+/m0/s1. The smallest absolute Gasteiger partial charge is 0.270 e. The highest BCUT2D eigenvalue weighted by atomic mass is 35.5. The zero-order valence-corrected chi connectivity index (χ0v) is 18.2. The third kappa shape index (κ3) is 4.40. The number of nitrogens with zero attached hydrogens (tertiary/aromatic N) is 3. The van der Waals surface area contributed by atoms with Crippen LogP contribution in [0.4, 0.5) is 15.9 Å². The number of amides is 1. The number of carbonyl (C=O) groups excluding carboxylic acids is 2. The summed E-state index contributed by atoms with van der Waals surface area (Å²) in [5, 5.41) is 13.9. The monoisotopic (exact) mass is 479 g/mol. The largest absolute Gasteiger partial charge is 0.369 e. The van der Waals surface area contributed by atoms with Crippen LogP contribution in [0.2, 0.25) is 5.28 Å². The Bertz CT molecular complexity index is 1090. The number of hydrogen-bond acceptors (Lipinski definition) is 8. The number of ketones is 1. The van der Waals surface area contributed by atoms with Crippen LogP contribution in [0.1, 0.15) is 23.2 Å². The van der Waals surface area contributed by atoms with E-state index in [1.54, 1.807) is 6.07 Å². The number of hydrogen-bond donors (Lipinski definition) is 2. The molecule has 0 spiro atoms. The van der Waals surface area contributed by atoms with Gasteiger partial charge in [-0.3, -0.25) is 19.7 Å². The first-order chi connectivity index (χ1) is 15.2. The number of benzene rings is 1. The second-order valence-electron chi connectivity index (χ2n) is 7.91. The lowest BCUT2D eigenvalue weighted by molar-refractivity contribution is -0.384. The Balaban J connectivity index is 1.47. The third-order valence-electron chi connectivity index (χ3n) is 6.10. The Morgan fingerprint density at radius 2 is 2.16 bits per heavy atom. The Morgan fingerprint density at radius 3 is 2.88 bits per heavy atom. The van der Waals surface area contributed by atoms with Crippen molar-refractivity contribution in [2.24, 2.45) is 23.5 Å². The van der Waals surface area contributed by atoms with E-state index in [1.165, 1.54) is 30.0 Å². The van der Waals surface area contributed by atoms with Crippen molar-refractivity contribution in [2.75, 3.05) is 11.1 Å². The van der Waals surface area contributed by atoms with E-state index in [0.29, 0.717) is 12.8 Å². The number of fused-ring (bicyclic) bond motifs is 2. The lowest BCUT2D eigenvalue weighted by Gasteiger charge is -2.34. The molecule has 2 fully saturated rings. The molecule has 4 rings (SSSR count). The van der Waals surface area contributed by atoms with E-state index in [1.807, 2.05) is 0 Å². The summed E-state index contributed by atoms with van der Waals surface area (Å²) in [6, 6.07) is 5.17. The minimum atomic E-state index is -0.689. The Labute approximate surface area is 191 Å². The van der Waals surface area contributed by atoms with Crippen LogP contribution in [0, 0.1) is 33.7 Å². The number of nitro benzene ring substituents is 1. The molecular weight excluding hydrogens is 461 g/mol. The predicted octanol–water partition coefficient (Wildman–Crippen LogP) is 3.08. The van der Waals surface area contributed by atoms with Crippen LogP contribution in [-0.2, 0) is 4.79 Å². The van der Waals surface area contributed by atoms with Gasteiger partial charge in [-0.05, 0) is 36.3 Å². The summed E-state index contributed by atoms with van der Waals surface area (Å²) in [5.74, 6) is -1.84. The molecule has 1 aromatic heterocycles. The molecule has 0 radical (unpaired) electrons. The zero-order chi connectivity index (χ0) is 23.0. The van der Waals surface area contributed by atoms with Gasteiger partial charge in [0.2, 0.25) is 11.2 Å². The van der Waals surface area contributed by atoms with E-state index in [4.69, 9.17) is 17.3 Å². The van der Waals surface area contributed by atoms with Crippen LogP contribution >= 0.6 is 23.4 Å². The second kappa shape index (κ2) is 8.99. The normalized spacial score (nSPS) is 26.1. The minimum Gasteiger partial charge on any atom is -0.369 e. The molecule has 2 bridgehead atoms. The maximum Gasteiger partial charge on any atom is 0.270 e. The first-order valence-corrected chi connectivity index (χ1v) is 11.3. The number of nitro groups is 1. The lowest BCUT2D eigenvalue weighted by Crippen LogP contribution is -2.46.